The quantitative estimate of drug-likeness (QED) is 0.524. The lowest BCUT2D eigenvalue weighted by Crippen LogP contribution is -2.35. The van der Waals surface area contributed by atoms with Crippen LogP contribution in [0.5, 0.6) is 5.75 Å². The maximum Gasteiger partial charge on any atom is 0.259 e. The highest BCUT2D eigenvalue weighted by Crippen LogP contribution is 2.11. The molecule has 1 rings (SSSR count). The average molecular weight is 180 g/mol. The van der Waals surface area contributed by atoms with Gasteiger partial charge in [-0.1, -0.05) is 32.0 Å². The molecule has 0 atom stereocenters. The van der Waals surface area contributed by atoms with Crippen molar-refractivity contribution in [3.05, 3.63) is 30.3 Å². The largest absolute Gasteiger partial charge is 0.449 e. The number of rotatable bonds is 2. The van der Waals surface area contributed by atoms with Gasteiger partial charge >= 0.3 is 0 Å². The first-order chi connectivity index (χ1) is 6.08. The monoisotopic (exact) mass is 180 g/mol. The molecule has 0 unspecified atom stereocenters. The number of hydrogen-bond acceptors (Lipinski definition) is 3. The van der Waals surface area contributed by atoms with Gasteiger partial charge in [0.15, 0.2) is 0 Å². The van der Waals surface area contributed by atoms with Gasteiger partial charge in [0.25, 0.3) is 5.87 Å². The van der Waals surface area contributed by atoms with Crippen LogP contribution in [-0.2, 0) is 0 Å². The van der Waals surface area contributed by atoms with Crippen molar-refractivity contribution in [2.75, 3.05) is 0 Å². The van der Waals surface area contributed by atoms with E-state index in [-0.39, 0.29) is 0 Å². The Morgan fingerprint density at radius 3 is 2.00 bits per heavy atom. The van der Waals surface area contributed by atoms with Gasteiger partial charge in [0.05, 0.1) is 0 Å². The predicted octanol–water partition coefficient (Wildman–Crippen LogP) is 0.856. The van der Waals surface area contributed by atoms with Crippen molar-refractivity contribution < 1.29 is 14.9 Å². The van der Waals surface area contributed by atoms with Gasteiger partial charge in [0.1, 0.15) is 5.75 Å². The third-order valence-corrected chi connectivity index (χ3v) is 1.01. The molecule has 2 N–H and O–H groups in total. The van der Waals surface area contributed by atoms with E-state index < -0.39 is 5.87 Å². The Kier molecular flexibility index (Phi) is 5.19. The normalized spacial score (nSPS) is 9.85. The van der Waals surface area contributed by atoms with E-state index in [9.17, 15) is 0 Å². The van der Waals surface area contributed by atoms with E-state index in [0.717, 1.165) is 0 Å². The van der Waals surface area contributed by atoms with Crippen molar-refractivity contribution in [3.63, 3.8) is 0 Å². The predicted molar refractivity (Wildman–Crippen MR) is 51.3 cm³/mol. The zero-order valence-electron chi connectivity index (χ0n) is 7.77. The van der Waals surface area contributed by atoms with E-state index >= 15 is 0 Å². The summed E-state index contributed by atoms with van der Waals surface area (Å²) in [6, 6.07) is 8.30. The minimum atomic E-state index is -2.60. The van der Waals surface area contributed by atoms with Crippen LogP contribution in [0.4, 0.5) is 0 Å². The maximum atomic E-state index is 8.58. The van der Waals surface area contributed by atoms with Crippen LogP contribution in [0.2, 0.25) is 0 Å². The summed E-state index contributed by atoms with van der Waals surface area (Å²) in [5.74, 6) is -2.29. The van der Waals surface area contributed by atoms with Crippen LogP contribution in [0.3, 0.4) is 0 Å². The molecular formula is C9H13BO3. The number of aliphatic hydroxyl groups is 2. The molecule has 0 aliphatic rings. The summed E-state index contributed by atoms with van der Waals surface area (Å²) in [5, 5.41) is 17.2. The molecule has 0 fully saturated rings. The Morgan fingerprint density at radius 1 is 1.15 bits per heavy atom. The molecule has 13 heavy (non-hydrogen) atoms. The van der Waals surface area contributed by atoms with Crippen molar-refractivity contribution in [2.45, 2.75) is 19.7 Å². The highest BCUT2D eigenvalue weighted by Gasteiger charge is 2.15. The fraction of sp³-hybridized carbons (Fsp3) is 0.333. The Bertz CT molecular complexity index is 218. The van der Waals surface area contributed by atoms with Crippen molar-refractivity contribution in [1.82, 2.24) is 0 Å². The summed E-state index contributed by atoms with van der Waals surface area (Å²) >= 11 is 0. The average Bonchev–Trinajstić information content (AvgIpc) is 2.07. The molecule has 0 saturated carbocycles. The molecule has 4 heteroatoms. The maximum absolute atomic E-state index is 8.58. The Hall–Kier alpha value is -0.995. The number of para-hydroxylation sites is 1. The van der Waals surface area contributed by atoms with Gasteiger partial charge in [-0.15, -0.1) is 0 Å². The minimum Gasteiger partial charge on any atom is -0.449 e. The summed E-state index contributed by atoms with van der Waals surface area (Å²) < 4.78 is 4.49. The molecular weight excluding hydrogens is 167 g/mol. The van der Waals surface area contributed by atoms with Gasteiger partial charge in [-0.25, -0.2) is 0 Å². The topological polar surface area (TPSA) is 49.7 Å². The van der Waals surface area contributed by atoms with Crippen LogP contribution in [-0.4, -0.2) is 23.9 Å². The highest BCUT2D eigenvalue weighted by atomic mass is 16.8. The first-order valence-electron chi connectivity index (χ1n) is 4.05. The van der Waals surface area contributed by atoms with Gasteiger partial charge in [-0.05, 0) is 12.1 Å². The van der Waals surface area contributed by atoms with Crippen LogP contribution in [0, 0.1) is 0 Å². The van der Waals surface area contributed by atoms with Gasteiger partial charge in [0.2, 0.25) is 7.85 Å². The lowest BCUT2D eigenvalue weighted by atomic mass is 10.1. The smallest absolute Gasteiger partial charge is 0.259 e. The van der Waals surface area contributed by atoms with Crippen LogP contribution in [0.25, 0.3) is 0 Å². The first-order valence-corrected chi connectivity index (χ1v) is 4.05. The van der Waals surface area contributed by atoms with Crippen LogP contribution < -0.4 is 4.74 Å². The summed E-state index contributed by atoms with van der Waals surface area (Å²) in [6.07, 6.45) is 0. The fourth-order valence-electron chi connectivity index (χ4n) is 0.662. The third-order valence-electron chi connectivity index (χ3n) is 1.01. The van der Waals surface area contributed by atoms with Gasteiger partial charge < -0.3 is 14.9 Å². The Morgan fingerprint density at radius 2 is 1.62 bits per heavy atom. The van der Waals surface area contributed by atoms with Crippen LogP contribution in [0.15, 0.2) is 30.3 Å². The zero-order chi connectivity index (χ0) is 10.3. The van der Waals surface area contributed by atoms with E-state index in [0.29, 0.717) is 5.75 Å². The van der Waals surface area contributed by atoms with Crippen molar-refractivity contribution in [1.29, 1.82) is 0 Å². The van der Waals surface area contributed by atoms with Crippen molar-refractivity contribution in [2.24, 2.45) is 0 Å². The molecule has 0 aromatic heterocycles. The molecule has 0 heterocycles. The van der Waals surface area contributed by atoms with Crippen LogP contribution in [0.1, 0.15) is 13.8 Å². The fourth-order valence-corrected chi connectivity index (χ4v) is 0.662. The van der Waals surface area contributed by atoms with Gasteiger partial charge in [-0.3, -0.25) is 0 Å². The molecule has 1 aromatic rings. The molecule has 0 aliphatic heterocycles. The van der Waals surface area contributed by atoms with E-state index in [1.807, 2.05) is 13.8 Å². The minimum absolute atomic E-state index is 0.306. The summed E-state index contributed by atoms with van der Waals surface area (Å²) in [4.78, 5) is 0. The summed E-state index contributed by atoms with van der Waals surface area (Å²) in [6.45, 7) is 4.00. The van der Waals surface area contributed by atoms with E-state index in [1.165, 1.54) is 0 Å². The number of benzene rings is 1. The summed E-state index contributed by atoms with van der Waals surface area (Å²) in [5.41, 5.74) is 0. The Balaban J connectivity index is 0.000000671. The second-order valence-corrected chi connectivity index (χ2v) is 2.07. The molecule has 0 bridgehead atoms. The molecule has 0 spiro atoms. The SMILES string of the molecule is CC.[B]C(O)(O)Oc1ccccc1. The van der Waals surface area contributed by atoms with E-state index in [2.05, 4.69) is 4.74 Å². The summed E-state index contributed by atoms with van der Waals surface area (Å²) in [7, 11) is 4.76. The van der Waals surface area contributed by atoms with Gasteiger partial charge in [0, 0.05) is 0 Å². The lowest BCUT2D eigenvalue weighted by molar-refractivity contribution is -0.223. The molecule has 1 aromatic carbocycles. The molecule has 2 radical (unpaired) electrons. The molecule has 70 valence electrons. The number of hydrogen-bond donors (Lipinski definition) is 2. The zero-order valence-corrected chi connectivity index (χ0v) is 7.77. The molecule has 0 saturated heterocycles. The van der Waals surface area contributed by atoms with Crippen molar-refractivity contribution >= 4 is 7.85 Å². The third kappa shape index (κ3) is 6.19. The highest BCUT2D eigenvalue weighted by molar-refractivity contribution is 6.11. The standard InChI is InChI=1S/C7H7BO3.C2H6/c8-7(9,10)11-6-4-2-1-3-5-6;1-2/h1-5,9-10H;1-2H3. The van der Waals surface area contributed by atoms with Crippen LogP contribution >= 0.6 is 0 Å². The number of ether oxygens (including phenoxy) is 1. The van der Waals surface area contributed by atoms with Crippen molar-refractivity contribution in [3.8, 4) is 5.75 Å². The molecule has 3 nitrogen and oxygen atoms in total. The second kappa shape index (κ2) is 5.62. The Labute approximate surface area is 79.4 Å². The van der Waals surface area contributed by atoms with E-state index in [4.69, 9.17) is 18.1 Å². The first kappa shape index (κ1) is 12.0. The lowest BCUT2D eigenvalue weighted by Gasteiger charge is -2.18. The van der Waals surface area contributed by atoms with Gasteiger partial charge in [-0.2, -0.15) is 0 Å². The molecule has 0 aliphatic carbocycles. The molecule has 0 amide bonds. The second-order valence-electron chi connectivity index (χ2n) is 2.07. The van der Waals surface area contributed by atoms with E-state index in [1.54, 1.807) is 30.3 Å².